The Hall–Kier alpha value is -0.900. The number of benzene rings is 1. The van der Waals surface area contributed by atoms with Gasteiger partial charge in [0.25, 0.3) is 0 Å². The maximum atomic E-state index is 13.2. The van der Waals surface area contributed by atoms with Crippen LogP contribution < -0.4 is 5.32 Å². The molecule has 1 aromatic rings. The maximum absolute atomic E-state index is 13.2. The van der Waals surface area contributed by atoms with E-state index in [4.69, 9.17) is 0 Å². The minimum absolute atomic E-state index is 0.0427. The fraction of sp³-hybridized carbons (Fsp3) is 0.417. The first kappa shape index (κ1) is 13.2. The average molecular weight is 288 g/mol. The van der Waals surface area contributed by atoms with Gasteiger partial charge in [-0.3, -0.25) is 4.79 Å². The molecule has 1 amide bonds. The fourth-order valence-electron chi connectivity index (χ4n) is 1.32. The zero-order valence-corrected chi connectivity index (χ0v) is 10.8. The van der Waals surface area contributed by atoms with Crippen molar-refractivity contribution < 1.29 is 9.18 Å². The normalized spacial score (nSPS) is 12.2. The SMILES string of the molecule is CCC(Br)C(=O)NCCc1ccccc1F. The first-order valence-electron chi connectivity index (χ1n) is 5.30. The summed E-state index contributed by atoms with van der Waals surface area (Å²) in [5.74, 6) is -0.263. The topological polar surface area (TPSA) is 29.1 Å². The van der Waals surface area contributed by atoms with Gasteiger partial charge in [0.1, 0.15) is 5.82 Å². The van der Waals surface area contributed by atoms with Crippen molar-refractivity contribution >= 4 is 21.8 Å². The Morgan fingerprint density at radius 3 is 2.81 bits per heavy atom. The van der Waals surface area contributed by atoms with Gasteiger partial charge in [0.05, 0.1) is 4.83 Å². The summed E-state index contributed by atoms with van der Waals surface area (Å²) in [7, 11) is 0. The molecule has 0 aliphatic carbocycles. The van der Waals surface area contributed by atoms with E-state index in [1.807, 2.05) is 6.92 Å². The molecule has 0 radical (unpaired) electrons. The molecule has 2 nitrogen and oxygen atoms in total. The number of nitrogens with one attached hydrogen (secondary N) is 1. The highest BCUT2D eigenvalue weighted by molar-refractivity contribution is 9.10. The summed E-state index contributed by atoms with van der Waals surface area (Å²) in [6.45, 7) is 2.39. The smallest absolute Gasteiger partial charge is 0.233 e. The average Bonchev–Trinajstić information content (AvgIpc) is 2.30. The largest absolute Gasteiger partial charge is 0.355 e. The van der Waals surface area contributed by atoms with E-state index in [1.165, 1.54) is 6.07 Å². The Kier molecular flexibility index (Phi) is 5.46. The van der Waals surface area contributed by atoms with E-state index >= 15 is 0 Å². The van der Waals surface area contributed by atoms with Crippen molar-refractivity contribution in [3.63, 3.8) is 0 Å². The molecule has 0 saturated heterocycles. The molecular formula is C12H15BrFNO. The Morgan fingerprint density at radius 2 is 2.19 bits per heavy atom. The fourth-order valence-corrected chi connectivity index (χ4v) is 1.48. The molecule has 0 heterocycles. The predicted molar refractivity (Wildman–Crippen MR) is 66.1 cm³/mol. The molecule has 1 atom stereocenters. The van der Waals surface area contributed by atoms with E-state index in [9.17, 15) is 9.18 Å². The third-order valence-corrected chi connectivity index (χ3v) is 3.36. The lowest BCUT2D eigenvalue weighted by Gasteiger charge is -2.08. The van der Waals surface area contributed by atoms with Crippen molar-refractivity contribution in [1.29, 1.82) is 0 Å². The first-order chi connectivity index (χ1) is 7.65. The second-order valence-electron chi connectivity index (χ2n) is 3.51. The van der Waals surface area contributed by atoms with Crippen LogP contribution in [0.15, 0.2) is 24.3 Å². The molecule has 0 fully saturated rings. The summed E-state index contributed by atoms with van der Waals surface area (Å²) in [6.07, 6.45) is 1.26. The molecule has 1 rings (SSSR count). The number of carbonyl (C=O) groups excluding carboxylic acids is 1. The van der Waals surface area contributed by atoms with E-state index in [0.29, 0.717) is 18.5 Å². The van der Waals surface area contributed by atoms with Gasteiger partial charge in [0.15, 0.2) is 0 Å². The van der Waals surface area contributed by atoms with Crippen molar-refractivity contribution in [1.82, 2.24) is 5.32 Å². The van der Waals surface area contributed by atoms with Gasteiger partial charge in [-0.05, 0) is 24.5 Å². The monoisotopic (exact) mass is 287 g/mol. The molecular weight excluding hydrogens is 273 g/mol. The molecule has 1 unspecified atom stereocenters. The van der Waals surface area contributed by atoms with Crippen LogP contribution in [0.2, 0.25) is 0 Å². The summed E-state index contributed by atoms with van der Waals surface area (Å²) < 4.78 is 13.2. The summed E-state index contributed by atoms with van der Waals surface area (Å²) in [5, 5.41) is 2.76. The summed E-state index contributed by atoms with van der Waals surface area (Å²) in [6, 6.07) is 6.60. The Balaban J connectivity index is 2.36. The maximum Gasteiger partial charge on any atom is 0.233 e. The van der Waals surface area contributed by atoms with Gasteiger partial charge in [-0.1, -0.05) is 41.1 Å². The first-order valence-corrected chi connectivity index (χ1v) is 6.22. The van der Waals surface area contributed by atoms with Gasteiger partial charge in [-0.15, -0.1) is 0 Å². The lowest BCUT2D eigenvalue weighted by molar-refractivity contribution is -0.120. The Bertz CT molecular complexity index is 357. The molecule has 88 valence electrons. The molecule has 4 heteroatoms. The Labute approximate surface area is 103 Å². The molecule has 0 spiro atoms. The number of halogens is 2. The van der Waals surface area contributed by atoms with Crippen molar-refractivity contribution in [2.24, 2.45) is 0 Å². The zero-order valence-electron chi connectivity index (χ0n) is 9.17. The standard InChI is InChI=1S/C12H15BrFNO/c1-2-10(13)12(16)15-8-7-9-5-3-4-6-11(9)14/h3-6,10H,2,7-8H2,1H3,(H,15,16). The summed E-state index contributed by atoms with van der Waals surface area (Å²) in [5.41, 5.74) is 0.630. The lowest BCUT2D eigenvalue weighted by Crippen LogP contribution is -2.32. The van der Waals surface area contributed by atoms with Gasteiger partial charge in [0.2, 0.25) is 5.91 Å². The quantitative estimate of drug-likeness (QED) is 0.829. The van der Waals surface area contributed by atoms with Gasteiger partial charge in [-0.2, -0.15) is 0 Å². The highest BCUT2D eigenvalue weighted by atomic mass is 79.9. The van der Waals surface area contributed by atoms with Gasteiger partial charge < -0.3 is 5.32 Å². The van der Waals surface area contributed by atoms with Crippen molar-refractivity contribution in [2.75, 3.05) is 6.54 Å². The number of alkyl halides is 1. The number of rotatable bonds is 5. The van der Waals surface area contributed by atoms with Gasteiger partial charge in [-0.25, -0.2) is 4.39 Å². The lowest BCUT2D eigenvalue weighted by atomic mass is 10.1. The minimum atomic E-state index is -0.220. The van der Waals surface area contributed by atoms with Crippen molar-refractivity contribution in [3.8, 4) is 0 Å². The van der Waals surface area contributed by atoms with Crippen LogP contribution in [0.25, 0.3) is 0 Å². The zero-order chi connectivity index (χ0) is 12.0. The second kappa shape index (κ2) is 6.63. The molecule has 0 aromatic heterocycles. The molecule has 0 aliphatic rings. The van der Waals surface area contributed by atoms with E-state index in [2.05, 4.69) is 21.2 Å². The van der Waals surface area contributed by atoms with E-state index < -0.39 is 0 Å². The van der Waals surface area contributed by atoms with Crippen LogP contribution in [0.5, 0.6) is 0 Å². The predicted octanol–water partition coefficient (Wildman–Crippen LogP) is 2.66. The van der Waals surface area contributed by atoms with Crippen LogP contribution in [0.1, 0.15) is 18.9 Å². The van der Waals surface area contributed by atoms with Crippen LogP contribution in [-0.2, 0) is 11.2 Å². The number of carbonyl (C=O) groups is 1. The Morgan fingerprint density at radius 1 is 1.50 bits per heavy atom. The summed E-state index contributed by atoms with van der Waals surface area (Å²) >= 11 is 3.26. The third kappa shape index (κ3) is 3.93. The molecule has 1 N–H and O–H groups in total. The van der Waals surface area contributed by atoms with Crippen LogP contribution in [0, 0.1) is 5.82 Å². The molecule has 16 heavy (non-hydrogen) atoms. The highest BCUT2D eigenvalue weighted by Gasteiger charge is 2.11. The number of hydrogen-bond acceptors (Lipinski definition) is 1. The minimum Gasteiger partial charge on any atom is -0.355 e. The van der Waals surface area contributed by atoms with Crippen LogP contribution >= 0.6 is 15.9 Å². The van der Waals surface area contributed by atoms with E-state index in [1.54, 1.807) is 18.2 Å². The number of hydrogen-bond donors (Lipinski definition) is 1. The van der Waals surface area contributed by atoms with Crippen LogP contribution in [-0.4, -0.2) is 17.3 Å². The molecule has 0 bridgehead atoms. The van der Waals surface area contributed by atoms with E-state index in [-0.39, 0.29) is 16.6 Å². The van der Waals surface area contributed by atoms with Crippen LogP contribution in [0.4, 0.5) is 4.39 Å². The highest BCUT2D eigenvalue weighted by Crippen LogP contribution is 2.07. The van der Waals surface area contributed by atoms with Gasteiger partial charge in [0, 0.05) is 6.54 Å². The van der Waals surface area contributed by atoms with Gasteiger partial charge >= 0.3 is 0 Å². The van der Waals surface area contributed by atoms with Crippen molar-refractivity contribution in [2.45, 2.75) is 24.6 Å². The molecule has 1 aromatic carbocycles. The second-order valence-corrected chi connectivity index (χ2v) is 4.61. The van der Waals surface area contributed by atoms with E-state index in [0.717, 1.165) is 6.42 Å². The third-order valence-electron chi connectivity index (χ3n) is 2.29. The number of amides is 1. The van der Waals surface area contributed by atoms with Crippen molar-refractivity contribution in [3.05, 3.63) is 35.6 Å². The molecule has 0 aliphatic heterocycles. The molecule has 0 saturated carbocycles. The van der Waals surface area contributed by atoms with Crippen LogP contribution in [0.3, 0.4) is 0 Å². The summed E-state index contributed by atoms with van der Waals surface area (Å²) in [4.78, 5) is 11.2.